The first-order chi connectivity index (χ1) is 16.8. The van der Waals surface area contributed by atoms with Crippen molar-refractivity contribution in [2.24, 2.45) is 0 Å². The second-order valence-corrected chi connectivity index (χ2v) is 9.77. The Morgan fingerprint density at radius 3 is 2.31 bits per heavy atom. The van der Waals surface area contributed by atoms with Crippen LogP contribution in [-0.4, -0.2) is 38.1 Å². The van der Waals surface area contributed by atoms with Gasteiger partial charge in [-0.15, -0.1) is 0 Å². The smallest absolute Gasteiger partial charge is 0.339 e. The Bertz CT molecular complexity index is 1510. The number of aromatic nitrogens is 2. The Labute approximate surface area is 210 Å². The fourth-order valence-electron chi connectivity index (χ4n) is 3.31. The second kappa shape index (κ2) is 10.3. The number of hydrogen-bond donors (Lipinski definition) is 2. The lowest BCUT2D eigenvalue weighted by molar-refractivity contribution is 0.0602. The van der Waals surface area contributed by atoms with E-state index in [1.807, 2.05) is 0 Å². The Morgan fingerprint density at radius 2 is 1.63 bits per heavy atom. The first-order valence-electron chi connectivity index (χ1n) is 10.5. The van der Waals surface area contributed by atoms with E-state index in [1.165, 1.54) is 13.2 Å². The fraction of sp³-hybridized carbons (Fsp3) is 0.125. The maximum atomic E-state index is 13.4. The minimum atomic E-state index is -4.14. The number of methoxy groups -OCH3 is 1. The number of ether oxygens (including phenoxy) is 2. The minimum absolute atomic E-state index is 0.0502. The van der Waals surface area contributed by atoms with E-state index in [4.69, 9.17) is 9.47 Å². The van der Waals surface area contributed by atoms with Crippen LogP contribution in [0.5, 0.6) is 5.75 Å². The summed E-state index contributed by atoms with van der Waals surface area (Å²) in [7, 11) is -2.86. The Hall–Kier alpha value is -3.70. The van der Waals surface area contributed by atoms with E-state index in [9.17, 15) is 13.2 Å². The number of carbonyl (C=O) groups is 1. The predicted octanol–water partition coefficient (Wildman–Crippen LogP) is 5.12. The van der Waals surface area contributed by atoms with Crippen LogP contribution in [-0.2, 0) is 14.8 Å². The number of sulfonamides is 1. The van der Waals surface area contributed by atoms with Crippen molar-refractivity contribution in [1.82, 2.24) is 9.97 Å². The van der Waals surface area contributed by atoms with Gasteiger partial charge in [-0.3, -0.25) is 4.72 Å². The molecule has 0 saturated carbocycles. The van der Waals surface area contributed by atoms with Crippen molar-refractivity contribution in [3.05, 3.63) is 76.8 Å². The third kappa shape index (κ3) is 5.36. The van der Waals surface area contributed by atoms with Gasteiger partial charge in [-0.2, -0.15) is 0 Å². The largest absolute Gasteiger partial charge is 0.492 e. The van der Waals surface area contributed by atoms with Crippen LogP contribution in [0.4, 0.5) is 17.3 Å². The van der Waals surface area contributed by atoms with E-state index in [-0.39, 0.29) is 34.5 Å². The lowest BCUT2D eigenvalue weighted by atomic mass is 10.2. The van der Waals surface area contributed by atoms with Gasteiger partial charge in [0.25, 0.3) is 10.0 Å². The van der Waals surface area contributed by atoms with Crippen LogP contribution in [0, 0.1) is 0 Å². The van der Waals surface area contributed by atoms with Crippen molar-refractivity contribution in [2.45, 2.75) is 11.8 Å². The van der Waals surface area contributed by atoms with Crippen molar-refractivity contribution >= 4 is 60.3 Å². The molecule has 0 unspecified atom stereocenters. The standard InChI is InChI=1S/C24H21BrN4O5S/c1-3-34-20-13-12-15(25)14-21(20)35(31,32)29-23-22(27-18-10-6-7-11-19(18)28-23)26-17-9-5-4-8-16(17)24(30)33-2/h4-14H,3H2,1-2H3,(H,26,27)(H,28,29). The van der Waals surface area contributed by atoms with Crippen LogP contribution in [0.2, 0.25) is 0 Å². The summed E-state index contributed by atoms with van der Waals surface area (Å²) in [6, 6.07) is 18.4. The Balaban J connectivity index is 1.82. The van der Waals surface area contributed by atoms with E-state index >= 15 is 0 Å². The number of carbonyl (C=O) groups excluding carboxylic acids is 1. The van der Waals surface area contributed by atoms with Gasteiger partial charge in [0.2, 0.25) is 0 Å². The molecule has 0 atom stereocenters. The summed E-state index contributed by atoms with van der Waals surface area (Å²) in [5, 5.41) is 3.03. The molecule has 11 heteroatoms. The molecule has 35 heavy (non-hydrogen) atoms. The van der Waals surface area contributed by atoms with Gasteiger partial charge in [-0.25, -0.2) is 23.2 Å². The summed E-state index contributed by atoms with van der Waals surface area (Å²) in [6.45, 7) is 2.05. The van der Waals surface area contributed by atoms with Crippen molar-refractivity contribution < 1.29 is 22.7 Å². The van der Waals surface area contributed by atoms with Gasteiger partial charge in [0.15, 0.2) is 11.6 Å². The molecule has 0 aliphatic rings. The number of rotatable bonds is 8. The Morgan fingerprint density at radius 1 is 0.971 bits per heavy atom. The van der Waals surface area contributed by atoms with Crippen LogP contribution >= 0.6 is 15.9 Å². The highest BCUT2D eigenvalue weighted by Gasteiger charge is 2.24. The molecule has 2 N–H and O–H groups in total. The summed E-state index contributed by atoms with van der Waals surface area (Å²) >= 11 is 3.31. The van der Waals surface area contributed by atoms with Gasteiger partial charge in [0.05, 0.1) is 36.0 Å². The number of hydrogen-bond acceptors (Lipinski definition) is 8. The predicted molar refractivity (Wildman–Crippen MR) is 137 cm³/mol. The molecule has 1 aromatic heterocycles. The van der Waals surface area contributed by atoms with E-state index in [0.29, 0.717) is 21.2 Å². The highest BCUT2D eigenvalue weighted by atomic mass is 79.9. The van der Waals surface area contributed by atoms with Gasteiger partial charge in [0, 0.05) is 4.47 Å². The topological polar surface area (TPSA) is 120 Å². The van der Waals surface area contributed by atoms with Gasteiger partial charge < -0.3 is 14.8 Å². The van der Waals surface area contributed by atoms with Crippen molar-refractivity contribution in [3.63, 3.8) is 0 Å². The summed E-state index contributed by atoms with van der Waals surface area (Å²) in [6.07, 6.45) is 0. The zero-order valence-electron chi connectivity index (χ0n) is 18.8. The summed E-state index contributed by atoms with van der Waals surface area (Å²) in [4.78, 5) is 21.2. The molecule has 0 aliphatic heterocycles. The summed E-state index contributed by atoms with van der Waals surface area (Å²) in [5.74, 6) is -0.302. The molecular weight excluding hydrogens is 536 g/mol. The molecule has 0 aliphatic carbocycles. The lowest BCUT2D eigenvalue weighted by Crippen LogP contribution is -2.17. The van der Waals surface area contributed by atoms with Crippen LogP contribution < -0.4 is 14.8 Å². The average molecular weight is 557 g/mol. The van der Waals surface area contributed by atoms with Crippen LogP contribution in [0.15, 0.2) is 76.1 Å². The van der Waals surface area contributed by atoms with Gasteiger partial charge in [-0.05, 0) is 49.4 Å². The maximum absolute atomic E-state index is 13.4. The number of nitrogens with zero attached hydrogens (tertiary/aromatic N) is 2. The van der Waals surface area contributed by atoms with E-state index in [1.54, 1.807) is 67.6 Å². The molecule has 4 aromatic rings. The molecule has 0 fully saturated rings. The van der Waals surface area contributed by atoms with Crippen LogP contribution in [0.1, 0.15) is 17.3 Å². The number of anilines is 3. The van der Waals surface area contributed by atoms with Crippen molar-refractivity contribution in [2.75, 3.05) is 23.8 Å². The van der Waals surface area contributed by atoms with Gasteiger partial charge in [0.1, 0.15) is 10.6 Å². The minimum Gasteiger partial charge on any atom is -0.492 e. The molecule has 180 valence electrons. The summed E-state index contributed by atoms with van der Waals surface area (Å²) in [5.41, 5.74) is 1.65. The maximum Gasteiger partial charge on any atom is 0.339 e. The number of esters is 1. The van der Waals surface area contributed by atoms with E-state index in [0.717, 1.165) is 0 Å². The molecule has 1 heterocycles. The molecule has 0 saturated heterocycles. The number of halogens is 1. The fourth-order valence-corrected chi connectivity index (χ4v) is 5.01. The normalized spacial score (nSPS) is 11.2. The van der Waals surface area contributed by atoms with Crippen LogP contribution in [0.3, 0.4) is 0 Å². The third-order valence-corrected chi connectivity index (χ3v) is 6.74. The van der Waals surface area contributed by atoms with Gasteiger partial charge in [-0.1, -0.05) is 40.2 Å². The number of fused-ring (bicyclic) bond motifs is 1. The molecule has 4 rings (SSSR count). The lowest BCUT2D eigenvalue weighted by Gasteiger charge is -2.16. The molecule has 0 amide bonds. The first-order valence-corrected chi connectivity index (χ1v) is 12.8. The highest BCUT2D eigenvalue weighted by molar-refractivity contribution is 9.10. The Kier molecular flexibility index (Phi) is 7.17. The molecular formula is C24H21BrN4O5S. The zero-order chi connectivity index (χ0) is 25.0. The van der Waals surface area contributed by atoms with Crippen LogP contribution in [0.25, 0.3) is 11.0 Å². The highest BCUT2D eigenvalue weighted by Crippen LogP contribution is 2.32. The molecule has 0 spiro atoms. The van der Waals surface area contributed by atoms with E-state index in [2.05, 4.69) is 35.9 Å². The monoisotopic (exact) mass is 556 g/mol. The number of nitrogens with one attached hydrogen (secondary N) is 2. The number of para-hydroxylation sites is 3. The SMILES string of the molecule is CCOc1ccc(Br)cc1S(=O)(=O)Nc1nc2ccccc2nc1Nc1ccccc1C(=O)OC. The first kappa shape index (κ1) is 24.4. The quantitative estimate of drug-likeness (QED) is 0.287. The van der Waals surface area contributed by atoms with Gasteiger partial charge >= 0.3 is 5.97 Å². The summed E-state index contributed by atoms with van der Waals surface area (Å²) < 4.78 is 40.3. The number of benzene rings is 3. The van der Waals surface area contributed by atoms with Crippen molar-refractivity contribution in [1.29, 1.82) is 0 Å². The zero-order valence-corrected chi connectivity index (χ0v) is 21.2. The molecule has 0 bridgehead atoms. The van der Waals surface area contributed by atoms with Crippen molar-refractivity contribution in [3.8, 4) is 5.75 Å². The molecule has 0 radical (unpaired) electrons. The second-order valence-electron chi connectivity index (χ2n) is 7.20. The van der Waals surface area contributed by atoms with E-state index < -0.39 is 16.0 Å². The molecule has 9 nitrogen and oxygen atoms in total. The average Bonchev–Trinajstić information content (AvgIpc) is 2.85. The third-order valence-electron chi connectivity index (χ3n) is 4.88. The molecule has 3 aromatic carbocycles.